The number of aryl methyl sites for hydroxylation is 2. The van der Waals surface area contributed by atoms with Crippen LogP contribution >= 0.6 is 0 Å². The number of ether oxygens (including phenoxy) is 1. The van der Waals surface area contributed by atoms with Crippen molar-refractivity contribution in [3.8, 4) is 5.75 Å². The number of carbonyl (C=O) groups excluding carboxylic acids is 1. The van der Waals surface area contributed by atoms with E-state index in [0.717, 1.165) is 41.5 Å². The minimum absolute atomic E-state index is 0.0543. The zero-order valence-electron chi connectivity index (χ0n) is 19.2. The molecule has 0 spiro atoms. The normalized spacial score (nSPS) is 14.8. The summed E-state index contributed by atoms with van der Waals surface area (Å²) in [5.74, 6) is -0.381. The molecule has 9 nitrogen and oxygen atoms in total. The molecule has 2 atom stereocenters. The van der Waals surface area contributed by atoms with E-state index in [1.54, 1.807) is 6.92 Å². The first-order chi connectivity index (χ1) is 15.6. The topological polar surface area (TPSA) is 119 Å². The Kier molecular flexibility index (Phi) is 7.26. The van der Waals surface area contributed by atoms with Crippen LogP contribution in [0, 0.1) is 10.1 Å². The number of rotatable bonds is 9. The third kappa shape index (κ3) is 5.27. The lowest BCUT2D eigenvalue weighted by atomic mass is 10.0. The van der Waals surface area contributed by atoms with E-state index in [1.807, 2.05) is 13.0 Å². The van der Waals surface area contributed by atoms with Crippen molar-refractivity contribution in [2.45, 2.75) is 51.6 Å². The zero-order valence-corrected chi connectivity index (χ0v) is 20.0. The molecule has 0 heterocycles. The van der Waals surface area contributed by atoms with Crippen LogP contribution in [0.4, 0.5) is 11.4 Å². The summed E-state index contributed by atoms with van der Waals surface area (Å²) in [6, 6.07) is 8.34. The van der Waals surface area contributed by atoms with Gasteiger partial charge in [0, 0.05) is 12.1 Å². The Bertz CT molecular complexity index is 1160. The fourth-order valence-corrected chi connectivity index (χ4v) is 5.46. The average Bonchev–Trinajstić information content (AvgIpc) is 3.23. The number of hydrogen-bond acceptors (Lipinski definition) is 6. The quantitative estimate of drug-likeness (QED) is 0.438. The van der Waals surface area contributed by atoms with Crippen LogP contribution in [0.3, 0.4) is 0 Å². The number of carbonyl (C=O) groups is 1. The van der Waals surface area contributed by atoms with Crippen molar-refractivity contribution in [2.24, 2.45) is 0 Å². The van der Waals surface area contributed by atoms with Gasteiger partial charge in [-0.25, -0.2) is 8.42 Å². The lowest BCUT2D eigenvalue weighted by Gasteiger charge is -2.31. The highest BCUT2D eigenvalue weighted by atomic mass is 32.2. The highest BCUT2D eigenvalue weighted by molar-refractivity contribution is 7.92. The maximum atomic E-state index is 13.3. The SMILES string of the molecule is CC[C@H](C(=O)N[C@H](C)c1ccc2c(c1)CCC2)N(c1cc([N+](=O)[O-])ccc1OC)S(C)(=O)=O. The number of methoxy groups -OCH3 is 1. The summed E-state index contributed by atoms with van der Waals surface area (Å²) < 4.78 is 31.7. The van der Waals surface area contributed by atoms with Crippen LogP contribution in [0.2, 0.25) is 0 Å². The molecule has 1 amide bonds. The van der Waals surface area contributed by atoms with Gasteiger partial charge in [-0.2, -0.15) is 0 Å². The maximum absolute atomic E-state index is 13.3. The number of benzene rings is 2. The van der Waals surface area contributed by atoms with E-state index in [-0.39, 0.29) is 29.6 Å². The van der Waals surface area contributed by atoms with Crippen molar-refractivity contribution in [1.29, 1.82) is 0 Å². The van der Waals surface area contributed by atoms with E-state index in [0.29, 0.717) is 0 Å². The highest BCUT2D eigenvalue weighted by Gasteiger charge is 2.35. The molecule has 0 aromatic heterocycles. The van der Waals surface area contributed by atoms with Crippen molar-refractivity contribution < 1.29 is 22.9 Å². The van der Waals surface area contributed by atoms with E-state index >= 15 is 0 Å². The van der Waals surface area contributed by atoms with Gasteiger partial charge in [-0.1, -0.05) is 25.1 Å². The van der Waals surface area contributed by atoms with Gasteiger partial charge in [0.2, 0.25) is 15.9 Å². The molecule has 2 aromatic carbocycles. The van der Waals surface area contributed by atoms with Gasteiger partial charge in [-0.3, -0.25) is 19.2 Å². The second-order valence-electron chi connectivity index (χ2n) is 8.21. The molecule has 0 saturated heterocycles. The molecular formula is C23H29N3O6S. The van der Waals surface area contributed by atoms with Gasteiger partial charge < -0.3 is 10.1 Å². The molecule has 33 heavy (non-hydrogen) atoms. The van der Waals surface area contributed by atoms with E-state index in [9.17, 15) is 23.3 Å². The highest BCUT2D eigenvalue weighted by Crippen LogP contribution is 2.36. The zero-order chi connectivity index (χ0) is 24.3. The number of amides is 1. The van der Waals surface area contributed by atoms with Crippen LogP contribution < -0.4 is 14.4 Å². The van der Waals surface area contributed by atoms with Crippen LogP contribution in [0.25, 0.3) is 0 Å². The monoisotopic (exact) mass is 475 g/mol. The van der Waals surface area contributed by atoms with E-state index in [2.05, 4.69) is 17.4 Å². The van der Waals surface area contributed by atoms with E-state index in [4.69, 9.17) is 4.74 Å². The molecule has 2 aromatic rings. The van der Waals surface area contributed by atoms with Gasteiger partial charge in [0.05, 0.1) is 24.3 Å². The number of nitrogens with zero attached hydrogens (tertiary/aromatic N) is 2. The molecular weight excluding hydrogens is 446 g/mol. The Morgan fingerprint density at radius 3 is 2.52 bits per heavy atom. The number of nitro groups is 1. The van der Waals surface area contributed by atoms with Crippen molar-refractivity contribution in [3.05, 3.63) is 63.2 Å². The summed E-state index contributed by atoms with van der Waals surface area (Å²) in [4.78, 5) is 24.0. The minimum Gasteiger partial charge on any atom is -0.495 e. The van der Waals surface area contributed by atoms with Crippen LogP contribution in [0.15, 0.2) is 36.4 Å². The molecule has 3 rings (SSSR count). The number of sulfonamides is 1. The first-order valence-corrected chi connectivity index (χ1v) is 12.7. The molecule has 0 unspecified atom stereocenters. The lowest BCUT2D eigenvalue weighted by molar-refractivity contribution is -0.384. The summed E-state index contributed by atoms with van der Waals surface area (Å²) in [5, 5.41) is 14.2. The fraction of sp³-hybridized carbons (Fsp3) is 0.435. The third-order valence-corrected chi connectivity index (χ3v) is 7.09. The van der Waals surface area contributed by atoms with Gasteiger partial charge >= 0.3 is 0 Å². The number of fused-ring (bicyclic) bond motifs is 1. The Hall–Kier alpha value is -3.14. The number of non-ortho nitro benzene ring substituents is 1. The van der Waals surface area contributed by atoms with Crippen LogP contribution in [0.1, 0.15) is 49.4 Å². The molecule has 10 heteroatoms. The largest absolute Gasteiger partial charge is 0.495 e. The maximum Gasteiger partial charge on any atom is 0.271 e. The van der Waals surface area contributed by atoms with Crippen molar-refractivity contribution >= 4 is 27.3 Å². The van der Waals surface area contributed by atoms with E-state index in [1.165, 1.54) is 30.4 Å². The van der Waals surface area contributed by atoms with Crippen LogP contribution in [-0.4, -0.2) is 38.7 Å². The predicted octanol–water partition coefficient (Wildman–Crippen LogP) is 3.51. The number of nitrogens with one attached hydrogen (secondary N) is 1. The van der Waals surface area contributed by atoms with Gasteiger partial charge in [-0.15, -0.1) is 0 Å². The molecule has 0 saturated carbocycles. The molecule has 1 aliphatic carbocycles. The molecule has 0 aliphatic heterocycles. The standard InChI is InChI=1S/C23H29N3O6S/c1-5-20(23(27)24-15(2)17-10-9-16-7-6-8-18(16)13-17)25(33(4,30)31)21-14-19(26(28)29)11-12-22(21)32-3/h9-15,20H,5-8H2,1-4H3,(H,24,27)/t15-,20-/m1/s1. The molecule has 1 N–H and O–H groups in total. The summed E-state index contributed by atoms with van der Waals surface area (Å²) >= 11 is 0. The first-order valence-electron chi connectivity index (χ1n) is 10.8. The summed E-state index contributed by atoms with van der Waals surface area (Å²) in [7, 11) is -2.65. The molecule has 1 aliphatic rings. The van der Waals surface area contributed by atoms with Crippen molar-refractivity contribution in [3.63, 3.8) is 0 Å². The van der Waals surface area contributed by atoms with E-state index < -0.39 is 26.9 Å². The number of hydrogen-bond donors (Lipinski definition) is 1. The molecule has 0 fully saturated rings. The van der Waals surface area contributed by atoms with Crippen molar-refractivity contribution in [1.82, 2.24) is 5.32 Å². The molecule has 0 bridgehead atoms. The van der Waals surface area contributed by atoms with Crippen LogP contribution in [0.5, 0.6) is 5.75 Å². The molecule has 178 valence electrons. The second-order valence-corrected chi connectivity index (χ2v) is 10.1. The fourth-order valence-electron chi connectivity index (χ4n) is 4.25. The Morgan fingerprint density at radius 2 is 1.91 bits per heavy atom. The number of nitro benzene ring substituents is 1. The Morgan fingerprint density at radius 1 is 1.21 bits per heavy atom. The van der Waals surface area contributed by atoms with Gasteiger partial charge in [0.25, 0.3) is 5.69 Å². The summed E-state index contributed by atoms with van der Waals surface area (Å²) in [6.45, 7) is 3.53. The van der Waals surface area contributed by atoms with Gasteiger partial charge in [0.15, 0.2) is 0 Å². The smallest absolute Gasteiger partial charge is 0.271 e. The molecule has 0 radical (unpaired) electrons. The summed E-state index contributed by atoms with van der Waals surface area (Å²) in [5.41, 5.74) is 3.18. The minimum atomic E-state index is -3.99. The third-order valence-electron chi connectivity index (χ3n) is 5.92. The Labute approximate surface area is 193 Å². The van der Waals surface area contributed by atoms with Gasteiger partial charge in [0.1, 0.15) is 17.5 Å². The van der Waals surface area contributed by atoms with Crippen molar-refractivity contribution in [2.75, 3.05) is 17.7 Å². The lowest BCUT2D eigenvalue weighted by Crippen LogP contribution is -2.49. The predicted molar refractivity (Wildman–Crippen MR) is 126 cm³/mol. The first kappa shape index (κ1) is 24.5. The van der Waals surface area contributed by atoms with Crippen LogP contribution in [-0.2, 0) is 27.7 Å². The summed E-state index contributed by atoms with van der Waals surface area (Å²) in [6.07, 6.45) is 4.30. The Balaban J connectivity index is 1.94. The van der Waals surface area contributed by atoms with Gasteiger partial charge in [-0.05, 0) is 55.4 Å². The average molecular weight is 476 g/mol. The second kappa shape index (κ2) is 9.78. The number of anilines is 1.